The predicted molar refractivity (Wildman–Crippen MR) is 82.5 cm³/mol. The number of methoxy groups -OCH3 is 1. The van der Waals surface area contributed by atoms with E-state index >= 15 is 0 Å². The number of benzene rings is 1. The van der Waals surface area contributed by atoms with Crippen LogP contribution in [-0.2, 0) is 14.8 Å². The molecule has 7 heteroatoms. The van der Waals surface area contributed by atoms with E-state index in [1.807, 2.05) is 0 Å². The van der Waals surface area contributed by atoms with Crippen LogP contribution in [-0.4, -0.2) is 69.7 Å². The van der Waals surface area contributed by atoms with Gasteiger partial charge in [0.1, 0.15) is 10.6 Å². The second-order valence-corrected chi connectivity index (χ2v) is 7.93. The molecule has 0 unspecified atom stereocenters. The Labute approximate surface area is 131 Å². The van der Waals surface area contributed by atoms with Gasteiger partial charge in [0.2, 0.25) is 10.0 Å². The molecule has 2 saturated heterocycles. The van der Waals surface area contributed by atoms with Crippen LogP contribution in [0.3, 0.4) is 0 Å². The van der Waals surface area contributed by atoms with Crippen LogP contribution in [0.5, 0.6) is 5.75 Å². The molecule has 0 N–H and O–H groups in total. The van der Waals surface area contributed by atoms with Crippen molar-refractivity contribution in [1.29, 1.82) is 0 Å². The molecule has 2 heterocycles. The molecule has 0 atom stereocenters. The standard InChI is InChI=1S/C15H22N2O4S/c1-15(16-7-9-21-10-8-16)11-17(12-15)22(18,19)14-6-4-3-5-13(14)20-2/h3-6H,7-12H2,1-2H3. The number of hydrogen-bond acceptors (Lipinski definition) is 5. The van der Waals surface area contributed by atoms with E-state index in [9.17, 15) is 8.42 Å². The number of morpholine rings is 1. The minimum absolute atomic E-state index is 0.0983. The van der Waals surface area contributed by atoms with Crippen molar-refractivity contribution in [2.75, 3.05) is 46.5 Å². The van der Waals surface area contributed by atoms with Gasteiger partial charge in [-0.2, -0.15) is 4.31 Å². The summed E-state index contributed by atoms with van der Waals surface area (Å²) in [6.07, 6.45) is 0. The molecule has 0 aromatic heterocycles. The van der Waals surface area contributed by atoms with Gasteiger partial charge in [-0.25, -0.2) is 8.42 Å². The van der Waals surface area contributed by atoms with Gasteiger partial charge >= 0.3 is 0 Å². The largest absolute Gasteiger partial charge is 0.495 e. The lowest BCUT2D eigenvalue weighted by molar-refractivity contribution is -0.0602. The van der Waals surface area contributed by atoms with Gasteiger partial charge < -0.3 is 9.47 Å². The Hall–Kier alpha value is -1.15. The van der Waals surface area contributed by atoms with Crippen LogP contribution in [0.15, 0.2) is 29.2 Å². The number of para-hydroxylation sites is 1. The van der Waals surface area contributed by atoms with E-state index in [0.29, 0.717) is 18.8 Å². The quantitative estimate of drug-likeness (QED) is 0.819. The molecule has 2 fully saturated rings. The first-order valence-electron chi connectivity index (χ1n) is 7.43. The maximum Gasteiger partial charge on any atom is 0.246 e. The van der Waals surface area contributed by atoms with Crippen molar-refractivity contribution in [3.63, 3.8) is 0 Å². The molecule has 0 amide bonds. The molecule has 3 rings (SSSR count). The summed E-state index contributed by atoms with van der Waals surface area (Å²) in [5.74, 6) is 0.391. The smallest absolute Gasteiger partial charge is 0.246 e. The highest BCUT2D eigenvalue weighted by molar-refractivity contribution is 7.89. The molecule has 0 aliphatic carbocycles. The van der Waals surface area contributed by atoms with E-state index in [2.05, 4.69) is 11.8 Å². The van der Waals surface area contributed by atoms with E-state index in [4.69, 9.17) is 9.47 Å². The summed E-state index contributed by atoms with van der Waals surface area (Å²) in [4.78, 5) is 2.56. The Balaban J connectivity index is 1.76. The van der Waals surface area contributed by atoms with Crippen LogP contribution in [0.1, 0.15) is 6.92 Å². The van der Waals surface area contributed by atoms with Crippen LogP contribution in [0, 0.1) is 0 Å². The molecule has 0 bridgehead atoms. The fraction of sp³-hybridized carbons (Fsp3) is 0.600. The second kappa shape index (κ2) is 5.81. The molecule has 6 nitrogen and oxygen atoms in total. The van der Waals surface area contributed by atoms with Crippen LogP contribution < -0.4 is 4.74 Å². The lowest BCUT2D eigenvalue weighted by atomic mass is 9.92. The van der Waals surface area contributed by atoms with E-state index in [-0.39, 0.29) is 10.4 Å². The van der Waals surface area contributed by atoms with Gasteiger partial charge in [0, 0.05) is 31.7 Å². The number of hydrogen-bond donors (Lipinski definition) is 0. The summed E-state index contributed by atoms with van der Waals surface area (Å²) in [6, 6.07) is 6.76. The van der Waals surface area contributed by atoms with Crippen molar-refractivity contribution in [2.24, 2.45) is 0 Å². The van der Waals surface area contributed by atoms with Crippen molar-refractivity contribution in [1.82, 2.24) is 9.21 Å². The summed E-state index contributed by atoms with van der Waals surface area (Å²) in [5, 5.41) is 0. The molecule has 22 heavy (non-hydrogen) atoms. The summed E-state index contributed by atoms with van der Waals surface area (Å²) < 4.78 is 37.6. The average Bonchev–Trinajstić information content (AvgIpc) is 2.52. The molecular weight excluding hydrogens is 304 g/mol. The number of ether oxygens (including phenoxy) is 2. The fourth-order valence-electron chi connectivity index (χ4n) is 3.16. The minimum Gasteiger partial charge on any atom is -0.495 e. The minimum atomic E-state index is -3.50. The molecule has 1 aromatic rings. The number of sulfonamides is 1. The summed E-state index contributed by atoms with van der Waals surface area (Å²) in [5.41, 5.74) is -0.0983. The van der Waals surface area contributed by atoms with E-state index < -0.39 is 10.0 Å². The first-order chi connectivity index (χ1) is 10.5. The molecule has 2 aliphatic rings. The van der Waals surface area contributed by atoms with Gasteiger partial charge in [0.05, 0.1) is 20.3 Å². The van der Waals surface area contributed by atoms with Crippen LogP contribution >= 0.6 is 0 Å². The molecule has 1 aromatic carbocycles. The highest BCUT2D eigenvalue weighted by Crippen LogP contribution is 2.35. The van der Waals surface area contributed by atoms with Gasteiger partial charge in [0.15, 0.2) is 0 Å². The van der Waals surface area contributed by atoms with E-state index in [0.717, 1.165) is 26.3 Å². The van der Waals surface area contributed by atoms with Gasteiger partial charge in [-0.1, -0.05) is 12.1 Å². The normalized spacial score (nSPS) is 23.0. The highest BCUT2D eigenvalue weighted by atomic mass is 32.2. The lowest BCUT2D eigenvalue weighted by Gasteiger charge is -2.54. The maximum absolute atomic E-state index is 12.8. The maximum atomic E-state index is 12.8. The van der Waals surface area contributed by atoms with Gasteiger partial charge in [0.25, 0.3) is 0 Å². The Morgan fingerprint density at radius 1 is 1.18 bits per heavy atom. The third kappa shape index (κ3) is 2.62. The monoisotopic (exact) mass is 326 g/mol. The molecule has 0 spiro atoms. The van der Waals surface area contributed by atoms with Gasteiger partial charge in [-0.15, -0.1) is 0 Å². The third-order valence-corrected chi connectivity index (χ3v) is 6.33. The Morgan fingerprint density at radius 2 is 1.82 bits per heavy atom. The zero-order chi connectivity index (χ0) is 15.8. The van der Waals surface area contributed by atoms with Gasteiger partial charge in [-0.3, -0.25) is 4.90 Å². The second-order valence-electron chi connectivity index (χ2n) is 6.02. The van der Waals surface area contributed by atoms with Crippen LogP contribution in [0.4, 0.5) is 0 Å². The first kappa shape index (κ1) is 15.7. The molecule has 0 radical (unpaired) electrons. The van der Waals surface area contributed by atoms with Crippen molar-refractivity contribution in [3.8, 4) is 5.75 Å². The molecule has 122 valence electrons. The Morgan fingerprint density at radius 3 is 2.45 bits per heavy atom. The fourth-order valence-corrected chi connectivity index (χ4v) is 4.99. The predicted octanol–water partition coefficient (Wildman–Crippen LogP) is 0.790. The van der Waals surface area contributed by atoms with Crippen molar-refractivity contribution in [3.05, 3.63) is 24.3 Å². The van der Waals surface area contributed by atoms with Gasteiger partial charge in [-0.05, 0) is 19.1 Å². The molecule has 2 aliphatic heterocycles. The summed E-state index contributed by atoms with van der Waals surface area (Å²) >= 11 is 0. The zero-order valence-corrected chi connectivity index (χ0v) is 13.8. The summed E-state index contributed by atoms with van der Waals surface area (Å²) in [7, 11) is -2.02. The SMILES string of the molecule is COc1ccccc1S(=O)(=O)N1CC(C)(N2CCOCC2)C1. The van der Waals surface area contributed by atoms with Crippen molar-refractivity contribution >= 4 is 10.0 Å². The topological polar surface area (TPSA) is 59.1 Å². The van der Waals surface area contributed by atoms with Crippen molar-refractivity contribution < 1.29 is 17.9 Å². The average molecular weight is 326 g/mol. The highest BCUT2D eigenvalue weighted by Gasteiger charge is 2.49. The van der Waals surface area contributed by atoms with Crippen LogP contribution in [0.2, 0.25) is 0 Å². The lowest BCUT2D eigenvalue weighted by Crippen LogP contribution is -2.70. The Bertz CT molecular complexity index is 635. The van der Waals surface area contributed by atoms with E-state index in [1.54, 1.807) is 24.3 Å². The Kier molecular flexibility index (Phi) is 4.15. The van der Waals surface area contributed by atoms with Crippen molar-refractivity contribution in [2.45, 2.75) is 17.4 Å². The number of nitrogens with zero attached hydrogens (tertiary/aromatic N) is 2. The molecule has 0 saturated carbocycles. The third-order valence-electron chi connectivity index (χ3n) is 4.50. The first-order valence-corrected chi connectivity index (χ1v) is 8.87. The zero-order valence-electron chi connectivity index (χ0n) is 13.0. The molecular formula is C15H22N2O4S. The van der Waals surface area contributed by atoms with Crippen LogP contribution in [0.25, 0.3) is 0 Å². The van der Waals surface area contributed by atoms with E-state index in [1.165, 1.54) is 11.4 Å². The number of rotatable bonds is 4. The summed E-state index contributed by atoms with van der Waals surface area (Å²) in [6.45, 7) is 6.29.